The number of hydrogen-bond donors (Lipinski definition) is 2. The minimum absolute atomic E-state index is 1.10. The molecule has 0 radical (unpaired) electrons. The van der Waals surface area contributed by atoms with Gasteiger partial charge in [0.25, 0.3) is 0 Å². The van der Waals surface area contributed by atoms with Crippen LogP contribution in [-0.2, 0) is 10.0 Å². The van der Waals surface area contributed by atoms with Gasteiger partial charge in [0, 0.05) is 0 Å². The fraction of sp³-hybridized carbons (Fsp3) is 0.333. The molecule has 0 aliphatic heterocycles. The van der Waals surface area contributed by atoms with E-state index in [1.165, 1.54) is 5.32 Å². The normalized spacial score (nSPS) is 13.5. The van der Waals surface area contributed by atoms with Crippen LogP contribution in [0.4, 0.5) is 13.2 Å². The molecule has 0 aromatic carbocycles. The summed E-state index contributed by atoms with van der Waals surface area (Å²) in [6, 6.07) is 0. The van der Waals surface area contributed by atoms with Crippen molar-refractivity contribution >= 4 is 16.0 Å². The van der Waals surface area contributed by atoms with Gasteiger partial charge < -0.3 is 5.73 Å². The lowest BCUT2D eigenvalue weighted by Crippen LogP contribution is -2.31. The molecule has 0 saturated heterocycles. The van der Waals surface area contributed by atoms with Gasteiger partial charge in [-0.15, -0.1) is 4.40 Å². The summed E-state index contributed by atoms with van der Waals surface area (Å²) in [4.78, 5) is 0. The lowest BCUT2D eigenvalue weighted by atomic mass is 11.0. The van der Waals surface area contributed by atoms with Crippen LogP contribution in [0.1, 0.15) is 0 Å². The van der Waals surface area contributed by atoms with E-state index in [4.69, 9.17) is 5.26 Å². The van der Waals surface area contributed by atoms with Crippen molar-refractivity contribution < 1.29 is 21.6 Å². The van der Waals surface area contributed by atoms with Gasteiger partial charge in [0.15, 0.2) is 6.19 Å². The molecule has 0 atom stereocenters. The number of nitriles is 1. The summed E-state index contributed by atoms with van der Waals surface area (Å²) in [6.45, 7) is 0. The molecule has 0 amide bonds. The van der Waals surface area contributed by atoms with Gasteiger partial charge >= 0.3 is 15.5 Å². The lowest BCUT2D eigenvalue weighted by Gasteiger charge is -2.02. The Balaban J connectivity index is 4.94. The first-order valence-electron chi connectivity index (χ1n) is 2.52. The largest absolute Gasteiger partial charge is 0.518 e. The quantitative estimate of drug-likeness (QED) is 0.259. The minimum Gasteiger partial charge on any atom is -0.368 e. The predicted molar refractivity (Wildman–Crippen MR) is 35.3 cm³/mol. The molecule has 10 heteroatoms. The standard InChI is InChI=1S/C3H3F3N4O2S/c4-3(5,6)13(11,12)10-2(8)9-1-7/h(H3,8,9,10). The van der Waals surface area contributed by atoms with E-state index in [0.717, 1.165) is 6.19 Å². The Hall–Kier alpha value is -1.50. The van der Waals surface area contributed by atoms with Gasteiger partial charge in [-0.25, -0.2) is 0 Å². The third-order valence-corrected chi connectivity index (χ3v) is 1.72. The highest BCUT2D eigenvalue weighted by atomic mass is 32.2. The monoisotopic (exact) mass is 216 g/mol. The number of nitrogens with zero attached hydrogens (tertiary/aromatic N) is 2. The maximum absolute atomic E-state index is 11.6. The van der Waals surface area contributed by atoms with E-state index in [1.54, 1.807) is 0 Å². The van der Waals surface area contributed by atoms with Gasteiger partial charge in [-0.05, 0) is 0 Å². The van der Waals surface area contributed by atoms with Crippen LogP contribution in [-0.4, -0.2) is 19.9 Å². The summed E-state index contributed by atoms with van der Waals surface area (Å²) in [5, 5.41) is 9.27. The summed E-state index contributed by atoms with van der Waals surface area (Å²) < 4.78 is 57.2. The van der Waals surface area contributed by atoms with E-state index in [-0.39, 0.29) is 0 Å². The van der Waals surface area contributed by atoms with E-state index in [0.29, 0.717) is 0 Å². The van der Waals surface area contributed by atoms with E-state index < -0.39 is 21.5 Å². The second-order valence-corrected chi connectivity index (χ2v) is 3.23. The first-order chi connectivity index (χ1) is 5.70. The van der Waals surface area contributed by atoms with E-state index in [2.05, 4.69) is 10.1 Å². The molecule has 0 spiro atoms. The number of rotatable bonds is 1. The molecule has 74 valence electrons. The summed E-state index contributed by atoms with van der Waals surface area (Å²) in [5.41, 5.74) is -0.915. The second kappa shape index (κ2) is 3.48. The fourth-order valence-electron chi connectivity index (χ4n) is 0.261. The van der Waals surface area contributed by atoms with Gasteiger partial charge in [-0.1, -0.05) is 0 Å². The summed E-state index contributed by atoms with van der Waals surface area (Å²) in [5.74, 6) is -1.14. The maximum atomic E-state index is 11.6. The number of nitrogens with one attached hydrogen (secondary N) is 1. The zero-order valence-electron chi connectivity index (χ0n) is 5.83. The third-order valence-electron chi connectivity index (χ3n) is 0.695. The van der Waals surface area contributed by atoms with Gasteiger partial charge in [0.2, 0.25) is 5.96 Å². The molecule has 3 N–H and O–H groups in total. The number of guanidine groups is 1. The topological polar surface area (TPSA) is 108 Å². The molecule has 0 aliphatic rings. The van der Waals surface area contributed by atoms with Crippen LogP contribution in [0, 0.1) is 11.5 Å². The van der Waals surface area contributed by atoms with E-state index >= 15 is 0 Å². The molecule has 0 aliphatic carbocycles. The number of nitrogens with two attached hydrogens (primary N) is 1. The second-order valence-electron chi connectivity index (χ2n) is 1.63. The maximum Gasteiger partial charge on any atom is 0.518 e. The van der Waals surface area contributed by atoms with Crippen LogP contribution in [0.25, 0.3) is 0 Å². The Kier molecular flexibility index (Phi) is 3.08. The van der Waals surface area contributed by atoms with Crippen molar-refractivity contribution in [3.63, 3.8) is 0 Å². The van der Waals surface area contributed by atoms with Crippen LogP contribution in [0.3, 0.4) is 0 Å². The lowest BCUT2D eigenvalue weighted by molar-refractivity contribution is -0.0435. The van der Waals surface area contributed by atoms with Crippen molar-refractivity contribution in [2.24, 2.45) is 10.1 Å². The van der Waals surface area contributed by atoms with Crippen molar-refractivity contribution in [2.75, 3.05) is 0 Å². The Morgan fingerprint density at radius 3 is 2.31 bits per heavy atom. The number of sulfonamides is 1. The van der Waals surface area contributed by atoms with Crippen LogP contribution in [0.2, 0.25) is 0 Å². The molecule has 0 saturated carbocycles. The molecule has 13 heavy (non-hydrogen) atoms. The number of alkyl halides is 3. The molecule has 0 aromatic rings. The zero-order valence-corrected chi connectivity index (χ0v) is 6.65. The Bertz CT molecular complexity index is 350. The van der Waals surface area contributed by atoms with Crippen LogP contribution < -0.4 is 11.1 Å². The SMILES string of the molecule is N#CN/C(N)=N/S(=O)(=O)C(F)(F)F. The summed E-state index contributed by atoms with van der Waals surface area (Å²) in [7, 11) is -5.67. The number of hydrogen-bond acceptors (Lipinski definition) is 3. The van der Waals surface area contributed by atoms with E-state index in [9.17, 15) is 21.6 Å². The van der Waals surface area contributed by atoms with Gasteiger partial charge in [0.05, 0.1) is 0 Å². The van der Waals surface area contributed by atoms with Crippen molar-refractivity contribution in [3.8, 4) is 6.19 Å². The highest BCUT2D eigenvalue weighted by molar-refractivity contribution is 7.91. The molecular weight excluding hydrogens is 213 g/mol. The Morgan fingerprint density at radius 1 is 1.54 bits per heavy atom. The fourth-order valence-corrected chi connectivity index (χ4v) is 0.669. The van der Waals surface area contributed by atoms with E-state index in [1.807, 2.05) is 0 Å². The molecular formula is C3H3F3N4O2S. The van der Waals surface area contributed by atoms with Crippen molar-refractivity contribution in [3.05, 3.63) is 0 Å². The van der Waals surface area contributed by atoms with Crippen LogP contribution in [0.15, 0.2) is 4.40 Å². The summed E-state index contributed by atoms with van der Waals surface area (Å²) >= 11 is 0. The van der Waals surface area contributed by atoms with Gasteiger partial charge in [0.1, 0.15) is 0 Å². The Labute approximate surface area is 70.9 Å². The Morgan fingerprint density at radius 2 is 2.00 bits per heavy atom. The smallest absolute Gasteiger partial charge is 0.368 e. The first kappa shape index (κ1) is 11.5. The average molecular weight is 216 g/mol. The van der Waals surface area contributed by atoms with Crippen molar-refractivity contribution in [1.82, 2.24) is 5.32 Å². The summed E-state index contributed by atoms with van der Waals surface area (Å²) in [6.07, 6.45) is 1.10. The molecule has 0 rings (SSSR count). The molecule has 0 bridgehead atoms. The molecule has 0 fully saturated rings. The molecule has 0 unspecified atom stereocenters. The van der Waals surface area contributed by atoms with Gasteiger partial charge in [-0.3, -0.25) is 5.32 Å². The van der Waals surface area contributed by atoms with Crippen LogP contribution in [0.5, 0.6) is 0 Å². The van der Waals surface area contributed by atoms with Gasteiger partial charge in [-0.2, -0.15) is 26.9 Å². The highest BCUT2D eigenvalue weighted by Crippen LogP contribution is 2.24. The molecule has 0 aromatic heterocycles. The molecule has 6 nitrogen and oxygen atoms in total. The zero-order chi connectivity index (χ0) is 10.7. The minimum atomic E-state index is -5.67. The third kappa shape index (κ3) is 3.16. The predicted octanol–water partition coefficient (Wildman–Crippen LogP) is -0.779. The molecule has 0 heterocycles. The van der Waals surface area contributed by atoms with Crippen molar-refractivity contribution in [1.29, 1.82) is 5.26 Å². The first-order valence-corrected chi connectivity index (χ1v) is 3.96. The average Bonchev–Trinajstić information content (AvgIpc) is 1.83. The highest BCUT2D eigenvalue weighted by Gasteiger charge is 2.46. The number of halogens is 3. The van der Waals surface area contributed by atoms with Crippen LogP contribution >= 0.6 is 0 Å². The van der Waals surface area contributed by atoms with Crippen molar-refractivity contribution in [2.45, 2.75) is 5.51 Å².